The molecule has 0 radical (unpaired) electrons. The van der Waals surface area contributed by atoms with Crippen LogP contribution in [0.15, 0.2) is 18.2 Å². The molecule has 0 N–H and O–H groups in total. The molecule has 2 nitrogen and oxygen atoms in total. The van der Waals surface area contributed by atoms with E-state index in [0.717, 1.165) is 30.6 Å². The Labute approximate surface area is 136 Å². The van der Waals surface area contributed by atoms with Gasteiger partial charge in [-0.3, -0.25) is 4.79 Å². The van der Waals surface area contributed by atoms with Crippen molar-refractivity contribution in [3.63, 3.8) is 0 Å². The SMILES string of the molecule is CCC(C)(C)C(=O)C(C)(C)CCCOc1cc(C)ccc1C. The number of aryl methyl sites for hydroxylation is 2. The average molecular weight is 304 g/mol. The lowest BCUT2D eigenvalue weighted by molar-refractivity contribution is -0.136. The van der Waals surface area contributed by atoms with Crippen molar-refractivity contribution in [2.24, 2.45) is 10.8 Å². The fraction of sp³-hybridized carbons (Fsp3) is 0.650. The van der Waals surface area contributed by atoms with Crippen molar-refractivity contribution < 1.29 is 9.53 Å². The van der Waals surface area contributed by atoms with E-state index >= 15 is 0 Å². The number of carbonyl (C=O) groups is 1. The quantitative estimate of drug-likeness (QED) is 0.593. The van der Waals surface area contributed by atoms with Crippen LogP contribution in [0.3, 0.4) is 0 Å². The van der Waals surface area contributed by atoms with Crippen LogP contribution < -0.4 is 4.74 Å². The molecule has 1 rings (SSSR count). The molecule has 0 saturated heterocycles. The van der Waals surface area contributed by atoms with Gasteiger partial charge < -0.3 is 4.74 Å². The first kappa shape index (κ1) is 18.7. The third kappa shape index (κ3) is 4.86. The third-order valence-corrected chi connectivity index (χ3v) is 4.66. The van der Waals surface area contributed by atoms with E-state index in [1.54, 1.807) is 0 Å². The topological polar surface area (TPSA) is 26.3 Å². The number of carbonyl (C=O) groups excluding carboxylic acids is 1. The van der Waals surface area contributed by atoms with E-state index in [-0.39, 0.29) is 10.8 Å². The van der Waals surface area contributed by atoms with E-state index in [0.29, 0.717) is 12.4 Å². The van der Waals surface area contributed by atoms with Gasteiger partial charge in [-0.15, -0.1) is 0 Å². The molecule has 0 aliphatic carbocycles. The highest BCUT2D eigenvalue weighted by molar-refractivity contribution is 5.88. The summed E-state index contributed by atoms with van der Waals surface area (Å²) in [6.45, 7) is 15.1. The third-order valence-electron chi connectivity index (χ3n) is 4.66. The molecule has 0 saturated carbocycles. The Bertz CT molecular complexity index is 512. The molecular weight excluding hydrogens is 272 g/mol. The van der Waals surface area contributed by atoms with Crippen molar-refractivity contribution in [2.75, 3.05) is 6.61 Å². The number of Topliss-reactive ketones (excluding diaryl/α,β-unsaturated/α-hetero) is 1. The first-order valence-electron chi connectivity index (χ1n) is 8.35. The van der Waals surface area contributed by atoms with E-state index in [9.17, 15) is 4.79 Å². The maximum absolute atomic E-state index is 12.6. The van der Waals surface area contributed by atoms with Crippen molar-refractivity contribution in [3.05, 3.63) is 29.3 Å². The summed E-state index contributed by atoms with van der Waals surface area (Å²) in [4.78, 5) is 12.6. The number of hydrogen-bond acceptors (Lipinski definition) is 2. The van der Waals surface area contributed by atoms with Crippen LogP contribution in [0.2, 0.25) is 0 Å². The summed E-state index contributed by atoms with van der Waals surface area (Å²) >= 11 is 0. The van der Waals surface area contributed by atoms with Crippen LogP contribution >= 0.6 is 0 Å². The van der Waals surface area contributed by atoms with E-state index < -0.39 is 0 Å². The highest BCUT2D eigenvalue weighted by Crippen LogP contribution is 2.35. The molecule has 2 heteroatoms. The maximum Gasteiger partial charge on any atom is 0.144 e. The maximum atomic E-state index is 12.6. The van der Waals surface area contributed by atoms with Crippen LogP contribution in [0.25, 0.3) is 0 Å². The van der Waals surface area contributed by atoms with Gasteiger partial charge in [0.05, 0.1) is 6.61 Å². The number of ketones is 1. The molecule has 0 aliphatic heterocycles. The van der Waals surface area contributed by atoms with Crippen molar-refractivity contribution in [2.45, 2.75) is 67.7 Å². The highest BCUT2D eigenvalue weighted by atomic mass is 16.5. The molecule has 1 aromatic carbocycles. The monoisotopic (exact) mass is 304 g/mol. The van der Waals surface area contributed by atoms with Gasteiger partial charge in [-0.1, -0.05) is 46.8 Å². The molecule has 0 aliphatic rings. The molecule has 0 aromatic heterocycles. The van der Waals surface area contributed by atoms with Gasteiger partial charge in [-0.2, -0.15) is 0 Å². The number of benzene rings is 1. The Morgan fingerprint density at radius 2 is 1.73 bits per heavy atom. The van der Waals surface area contributed by atoms with E-state index in [4.69, 9.17) is 4.74 Å². The summed E-state index contributed by atoms with van der Waals surface area (Å²) in [5, 5.41) is 0. The Hall–Kier alpha value is -1.31. The van der Waals surface area contributed by atoms with E-state index in [2.05, 4.69) is 52.8 Å². The number of hydrogen-bond donors (Lipinski definition) is 0. The van der Waals surface area contributed by atoms with Gasteiger partial charge in [0.1, 0.15) is 11.5 Å². The summed E-state index contributed by atoms with van der Waals surface area (Å²) in [5.41, 5.74) is 1.84. The second-order valence-corrected chi connectivity index (χ2v) is 7.67. The van der Waals surface area contributed by atoms with Gasteiger partial charge in [0.15, 0.2) is 0 Å². The smallest absolute Gasteiger partial charge is 0.144 e. The van der Waals surface area contributed by atoms with Crippen LogP contribution in [0.5, 0.6) is 5.75 Å². The van der Waals surface area contributed by atoms with Crippen LogP contribution in [0.4, 0.5) is 0 Å². The number of rotatable bonds is 8. The van der Waals surface area contributed by atoms with Gasteiger partial charge in [0.2, 0.25) is 0 Å². The molecule has 0 unspecified atom stereocenters. The van der Waals surface area contributed by atoms with Crippen LogP contribution in [0.1, 0.15) is 65.0 Å². The van der Waals surface area contributed by atoms with Gasteiger partial charge >= 0.3 is 0 Å². The normalized spacial score (nSPS) is 12.3. The van der Waals surface area contributed by atoms with E-state index in [1.165, 1.54) is 5.56 Å². The van der Waals surface area contributed by atoms with Gasteiger partial charge in [-0.25, -0.2) is 0 Å². The minimum atomic E-state index is -0.287. The molecule has 0 heterocycles. The first-order valence-corrected chi connectivity index (χ1v) is 8.35. The van der Waals surface area contributed by atoms with Crippen molar-refractivity contribution >= 4 is 5.78 Å². The standard InChI is InChI=1S/C20H32O2/c1-8-19(4,5)18(21)20(6,7)12-9-13-22-17-14-15(2)10-11-16(17)3/h10-11,14H,8-9,12-13H2,1-7H3. The Balaban J connectivity index is 2.53. The molecule has 0 amide bonds. The largest absolute Gasteiger partial charge is 0.493 e. The fourth-order valence-corrected chi connectivity index (χ4v) is 2.75. The Morgan fingerprint density at radius 3 is 2.32 bits per heavy atom. The second-order valence-electron chi connectivity index (χ2n) is 7.67. The molecule has 0 atom stereocenters. The molecule has 124 valence electrons. The van der Waals surface area contributed by atoms with Crippen molar-refractivity contribution in [3.8, 4) is 5.75 Å². The highest BCUT2D eigenvalue weighted by Gasteiger charge is 2.37. The lowest BCUT2D eigenvalue weighted by Crippen LogP contribution is -2.36. The predicted molar refractivity (Wildman–Crippen MR) is 93.5 cm³/mol. The molecule has 0 bridgehead atoms. The van der Waals surface area contributed by atoms with Crippen molar-refractivity contribution in [1.29, 1.82) is 0 Å². The minimum absolute atomic E-state index is 0.239. The zero-order chi connectivity index (χ0) is 17.0. The summed E-state index contributed by atoms with van der Waals surface area (Å²) in [6, 6.07) is 6.25. The molecule has 0 fully saturated rings. The average Bonchev–Trinajstić information content (AvgIpc) is 2.46. The summed E-state index contributed by atoms with van der Waals surface area (Å²) < 4.78 is 5.89. The zero-order valence-electron chi connectivity index (χ0n) is 15.4. The number of ether oxygens (including phenoxy) is 1. The molecule has 1 aromatic rings. The Morgan fingerprint density at radius 1 is 1.09 bits per heavy atom. The fourth-order valence-electron chi connectivity index (χ4n) is 2.75. The molecular formula is C20H32O2. The van der Waals surface area contributed by atoms with Gasteiger partial charge in [0, 0.05) is 10.8 Å². The van der Waals surface area contributed by atoms with Crippen molar-refractivity contribution in [1.82, 2.24) is 0 Å². The predicted octanol–water partition coefficient (Wildman–Crippen LogP) is 5.49. The Kier molecular flexibility index (Phi) is 6.22. The summed E-state index contributed by atoms with van der Waals surface area (Å²) in [7, 11) is 0. The summed E-state index contributed by atoms with van der Waals surface area (Å²) in [5.74, 6) is 1.31. The van der Waals surface area contributed by atoms with Crippen LogP contribution in [-0.4, -0.2) is 12.4 Å². The lowest BCUT2D eigenvalue weighted by atomic mass is 9.70. The lowest BCUT2D eigenvalue weighted by Gasteiger charge is -2.32. The zero-order valence-corrected chi connectivity index (χ0v) is 15.4. The van der Waals surface area contributed by atoms with Crippen LogP contribution in [-0.2, 0) is 4.79 Å². The molecule has 0 spiro atoms. The summed E-state index contributed by atoms with van der Waals surface area (Å²) in [6.07, 6.45) is 2.64. The van der Waals surface area contributed by atoms with Gasteiger partial charge in [0.25, 0.3) is 0 Å². The van der Waals surface area contributed by atoms with E-state index in [1.807, 2.05) is 13.8 Å². The van der Waals surface area contributed by atoms with Crippen LogP contribution in [0, 0.1) is 24.7 Å². The van der Waals surface area contributed by atoms with Gasteiger partial charge in [-0.05, 0) is 50.3 Å². The first-order chi connectivity index (χ1) is 10.1. The second kappa shape index (κ2) is 7.30. The minimum Gasteiger partial charge on any atom is -0.493 e. The molecule has 22 heavy (non-hydrogen) atoms.